The second-order valence-electron chi connectivity index (χ2n) is 3.89. The maximum atomic E-state index is 12.3. The molecule has 1 aromatic rings. The summed E-state index contributed by atoms with van der Waals surface area (Å²) < 4.78 is 0. The predicted octanol–water partition coefficient (Wildman–Crippen LogP) is 3.13. The third kappa shape index (κ3) is 3.51. The molecule has 0 aromatic heterocycles. The lowest BCUT2D eigenvalue weighted by Gasteiger charge is -2.20. The van der Waals surface area contributed by atoms with Crippen molar-refractivity contribution in [3.8, 4) is 12.3 Å². The van der Waals surface area contributed by atoms with Crippen LogP contribution in [0.1, 0.15) is 29.3 Å². The number of carbonyl (C=O) groups is 1. The first-order chi connectivity index (χ1) is 8.10. The molecule has 1 amide bonds. The van der Waals surface area contributed by atoms with Crippen LogP contribution in [0.15, 0.2) is 18.2 Å². The van der Waals surface area contributed by atoms with Crippen LogP contribution < -0.4 is 0 Å². The highest BCUT2D eigenvalue weighted by Gasteiger charge is 2.16. The smallest absolute Gasteiger partial charge is 0.254 e. The fraction of sp³-hybridized carbons (Fsp3) is 0.357. The summed E-state index contributed by atoms with van der Waals surface area (Å²) in [5.41, 5.74) is 1.54. The molecule has 0 spiro atoms. The van der Waals surface area contributed by atoms with Crippen LogP contribution in [-0.2, 0) is 0 Å². The number of nitrogens with zero attached hydrogens (tertiary/aromatic N) is 1. The fourth-order valence-electron chi connectivity index (χ4n) is 1.63. The molecule has 0 saturated carbocycles. The van der Waals surface area contributed by atoms with Crippen molar-refractivity contribution < 1.29 is 4.79 Å². The fourth-order valence-corrected chi connectivity index (χ4v) is 1.80. The van der Waals surface area contributed by atoms with Gasteiger partial charge in [0.25, 0.3) is 5.91 Å². The molecule has 17 heavy (non-hydrogen) atoms. The number of aryl methyl sites for hydroxylation is 1. The molecule has 1 rings (SSSR count). The van der Waals surface area contributed by atoms with Crippen LogP contribution in [0.3, 0.4) is 0 Å². The van der Waals surface area contributed by atoms with Gasteiger partial charge in [0.1, 0.15) is 0 Å². The monoisotopic (exact) mass is 249 g/mol. The molecule has 90 valence electrons. The highest BCUT2D eigenvalue weighted by atomic mass is 35.5. The molecule has 0 unspecified atom stereocenters. The quantitative estimate of drug-likeness (QED) is 0.751. The predicted molar refractivity (Wildman–Crippen MR) is 71.2 cm³/mol. The first kappa shape index (κ1) is 13.6. The summed E-state index contributed by atoms with van der Waals surface area (Å²) in [6, 6.07) is 5.31. The first-order valence-electron chi connectivity index (χ1n) is 5.59. The number of carbonyl (C=O) groups excluding carboxylic acids is 1. The number of hydrogen-bond acceptors (Lipinski definition) is 1. The van der Waals surface area contributed by atoms with E-state index in [1.165, 1.54) is 0 Å². The average molecular weight is 250 g/mol. The maximum Gasteiger partial charge on any atom is 0.254 e. The van der Waals surface area contributed by atoms with Crippen LogP contribution in [0, 0.1) is 19.3 Å². The van der Waals surface area contributed by atoms with Gasteiger partial charge < -0.3 is 4.90 Å². The summed E-state index contributed by atoms with van der Waals surface area (Å²) in [4.78, 5) is 13.9. The number of hydrogen-bond donors (Lipinski definition) is 0. The summed E-state index contributed by atoms with van der Waals surface area (Å²) >= 11 is 5.91. The lowest BCUT2D eigenvalue weighted by Crippen LogP contribution is -2.32. The van der Waals surface area contributed by atoms with Gasteiger partial charge in [-0.05, 0) is 31.0 Å². The second kappa shape index (κ2) is 6.32. The minimum Gasteiger partial charge on any atom is -0.328 e. The molecular formula is C14H16ClNO. The molecule has 0 N–H and O–H groups in total. The van der Waals surface area contributed by atoms with E-state index in [9.17, 15) is 4.79 Å². The summed E-state index contributed by atoms with van der Waals surface area (Å²) in [7, 11) is 0. The van der Waals surface area contributed by atoms with Crippen molar-refractivity contribution in [2.45, 2.75) is 20.3 Å². The van der Waals surface area contributed by atoms with E-state index in [0.717, 1.165) is 12.0 Å². The Morgan fingerprint density at radius 3 is 2.82 bits per heavy atom. The van der Waals surface area contributed by atoms with E-state index in [1.807, 2.05) is 19.9 Å². The molecule has 0 radical (unpaired) electrons. The average Bonchev–Trinajstić information content (AvgIpc) is 2.31. The second-order valence-corrected chi connectivity index (χ2v) is 4.33. The third-order valence-electron chi connectivity index (χ3n) is 2.49. The van der Waals surface area contributed by atoms with Crippen LogP contribution in [0.4, 0.5) is 0 Å². The zero-order valence-corrected chi connectivity index (χ0v) is 10.9. The van der Waals surface area contributed by atoms with Gasteiger partial charge in [-0.1, -0.05) is 30.5 Å². The molecule has 3 heteroatoms. The molecule has 0 heterocycles. The van der Waals surface area contributed by atoms with Gasteiger partial charge >= 0.3 is 0 Å². The van der Waals surface area contributed by atoms with E-state index in [2.05, 4.69) is 5.92 Å². The normalized spacial score (nSPS) is 9.76. The minimum absolute atomic E-state index is 0.0511. The molecule has 0 atom stereocenters. The molecule has 0 aliphatic rings. The number of halogens is 1. The summed E-state index contributed by atoms with van der Waals surface area (Å²) in [5, 5.41) is 0.566. The van der Waals surface area contributed by atoms with Gasteiger partial charge in [-0.2, -0.15) is 0 Å². The van der Waals surface area contributed by atoms with Gasteiger partial charge in [0.05, 0.1) is 6.54 Å². The van der Waals surface area contributed by atoms with Gasteiger partial charge in [-0.15, -0.1) is 6.42 Å². The van der Waals surface area contributed by atoms with Gasteiger partial charge in [0.15, 0.2) is 0 Å². The molecule has 0 aliphatic carbocycles. The van der Waals surface area contributed by atoms with Crippen molar-refractivity contribution in [1.82, 2.24) is 4.90 Å². The van der Waals surface area contributed by atoms with E-state index in [0.29, 0.717) is 23.7 Å². The molecule has 1 aromatic carbocycles. The largest absolute Gasteiger partial charge is 0.328 e. The van der Waals surface area contributed by atoms with Crippen molar-refractivity contribution in [3.05, 3.63) is 34.3 Å². The van der Waals surface area contributed by atoms with Gasteiger partial charge in [0.2, 0.25) is 0 Å². The topological polar surface area (TPSA) is 20.3 Å². The maximum absolute atomic E-state index is 12.3. The number of terminal acetylenes is 1. The van der Waals surface area contributed by atoms with Crippen LogP contribution in [0.25, 0.3) is 0 Å². The summed E-state index contributed by atoms with van der Waals surface area (Å²) in [6.07, 6.45) is 6.16. The standard InChI is InChI=1S/C14H16ClNO/c1-4-8-16(9-5-2)14(17)13-10-12(15)7-6-11(13)3/h1,6-7,10H,5,8-9H2,2-3H3. The molecular weight excluding hydrogens is 234 g/mol. The van der Waals surface area contributed by atoms with E-state index < -0.39 is 0 Å². The van der Waals surface area contributed by atoms with E-state index in [1.54, 1.807) is 17.0 Å². The van der Waals surface area contributed by atoms with Crippen LogP contribution >= 0.6 is 11.6 Å². The van der Waals surface area contributed by atoms with Crippen molar-refractivity contribution in [1.29, 1.82) is 0 Å². The van der Waals surface area contributed by atoms with Crippen LogP contribution in [0.5, 0.6) is 0 Å². The summed E-state index contributed by atoms with van der Waals surface area (Å²) in [6.45, 7) is 4.90. The van der Waals surface area contributed by atoms with Crippen LogP contribution in [0.2, 0.25) is 5.02 Å². The van der Waals surface area contributed by atoms with Crippen LogP contribution in [-0.4, -0.2) is 23.9 Å². The lowest BCUT2D eigenvalue weighted by atomic mass is 10.1. The molecule has 2 nitrogen and oxygen atoms in total. The third-order valence-corrected chi connectivity index (χ3v) is 2.73. The Bertz CT molecular complexity index is 448. The Kier molecular flexibility index (Phi) is 5.06. The van der Waals surface area contributed by atoms with Crippen molar-refractivity contribution >= 4 is 17.5 Å². The zero-order chi connectivity index (χ0) is 12.8. The van der Waals surface area contributed by atoms with Gasteiger partial charge in [0, 0.05) is 17.1 Å². The Morgan fingerprint density at radius 2 is 2.24 bits per heavy atom. The minimum atomic E-state index is -0.0511. The number of rotatable bonds is 4. The first-order valence-corrected chi connectivity index (χ1v) is 5.96. The van der Waals surface area contributed by atoms with Gasteiger partial charge in [-0.3, -0.25) is 4.79 Å². The molecule has 0 saturated heterocycles. The van der Waals surface area contributed by atoms with E-state index >= 15 is 0 Å². The highest BCUT2D eigenvalue weighted by molar-refractivity contribution is 6.31. The van der Waals surface area contributed by atoms with Gasteiger partial charge in [-0.25, -0.2) is 0 Å². The Hall–Kier alpha value is -1.46. The molecule has 0 aliphatic heterocycles. The molecule has 0 bridgehead atoms. The van der Waals surface area contributed by atoms with Crippen molar-refractivity contribution in [3.63, 3.8) is 0 Å². The lowest BCUT2D eigenvalue weighted by molar-refractivity contribution is 0.0776. The Labute approximate surface area is 108 Å². The van der Waals surface area contributed by atoms with Crippen molar-refractivity contribution in [2.24, 2.45) is 0 Å². The zero-order valence-electron chi connectivity index (χ0n) is 10.2. The SMILES string of the molecule is C#CCN(CCC)C(=O)c1cc(Cl)ccc1C. The summed E-state index contributed by atoms with van der Waals surface area (Å²) in [5.74, 6) is 2.46. The Morgan fingerprint density at radius 1 is 1.53 bits per heavy atom. The van der Waals surface area contributed by atoms with E-state index in [4.69, 9.17) is 18.0 Å². The van der Waals surface area contributed by atoms with E-state index in [-0.39, 0.29) is 5.91 Å². The van der Waals surface area contributed by atoms with Crippen molar-refractivity contribution in [2.75, 3.05) is 13.1 Å². The number of benzene rings is 1. The molecule has 0 fully saturated rings. The number of amides is 1. The Balaban J connectivity index is 3.00. The highest BCUT2D eigenvalue weighted by Crippen LogP contribution is 2.17.